The quantitative estimate of drug-likeness (QED) is 0.605. The Balaban J connectivity index is 1.25. The number of hydrogen-bond acceptors (Lipinski definition) is 5. The maximum Gasteiger partial charge on any atom is 0.246 e. The van der Waals surface area contributed by atoms with E-state index in [1.54, 1.807) is 0 Å². The van der Waals surface area contributed by atoms with Gasteiger partial charge in [0, 0.05) is 10.9 Å². The van der Waals surface area contributed by atoms with Gasteiger partial charge in [-0.05, 0) is 55.7 Å². The van der Waals surface area contributed by atoms with Crippen LogP contribution in [0.15, 0.2) is 35.7 Å². The number of hydrogen-bond donors (Lipinski definition) is 1. The van der Waals surface area contributed by atoms with Gasteiger partial charge >= 0.3 is 0 Å². The Morgan fingerprint density at radius 2 is 1.77 bits per heavy atom. The average molecular weight is 422 g/mol. The van der Waals surface area contributed by atoms with E-state index in [4.69, 9.17) is 0 Å². The van der Waals surface area contributed by atoms with Crippen LogP contribution < -0.4 is 5.32 Å². The van der Waals surface area contributed by atoms with E-state index in [2.05, 4.69) is 28.5 Å². The first kappa shape index (κ1) is 19.2. The number of amides is 3. The molecule has 1 aliphatic heterocycles. The second-order valence-electron chi connectivity index (χ2n) is 8.20. The van der Waals surface area contributed by atoms with Crippen molar-refractivity contribution in [2.75, 3.05) is 11.9 Å². The summed E-state index contributed by atoms with van der Waals surface area (Å²) in [6, 6.07) is 6.47. The number of carbonyl (C=O) groups is 3. The van der Waals surface area contributed by atoms with Crippen molar-refractivity contribution in [1.29, 1.82) is 0 Å². The number of rotatable bonds is 4. The van der Waals surface area contributed by atoms with E-state index >= 15 is 0 Å². The summed E-state index contributed by atoms with van der Waals surface area (Å²) in [5.74, 6) is -1.50. The molecule has 5 rings (SSSR count). The molecule has 2 aromatic rings. The van der Waals surface area contributed by atoms with E-state index in [0.29, 0.717) is 18.0 Å². The van der Waals surface area contributed by atoms with Crippen LogP contribution in [-0.4, -0.2) is 34.2 Å². The number of nitrogens with zero attached hydrogens (tertiary/aromatic N) is 2. The molecule has 3 aliphatic rings. The minimum absolute atomic E-state index is 0.238. The highest BCUT2D eigenvalue weighted by Crippen LogP contribution is 2.35. The van der Waals surface area contributed by atoms with Crippen molar-refractivity contribution < 1.29 is 14.4 Å². The molecule has 1 aromatic heterocycles. The molecule has 154 valence electrons. The Morgan fingerprint density at radius 3 is 2.50 bits per heavy atom. The fourth-order valence-corrected chi connectivity index (χ4v) is 5.42. The van der Waals surface area contributed by atoms with E-state index < -0.39 is 5.91 Å². The number of fused-ring (bicyclic) bond motifs is 2. The standard InChI is InChI=1S/C23H23N3O3S/c27-20(12-26-21(28)17-7-3-4-8-18(17)22(26)29)25-23-24-19(13-30-23)16-10-9-14-5-1-2-6-15(14)11-16/h3-4,9-11,13,17-18H,1-2,5-8,12H2,(H,24,25,27)/t17-,18-/m1/s1. The zero-order valence-corrected chi connectivity index (χ0v) is 17.4. The lowest BCUT2D eigenvalue weighted by molar-refractivity contribution is -0.142. The van der Waals surface area contributed by atoms with Crippen LogP contribution in [0.5, 0.6) is 0 Å². The molecule has 0 unspecified atom stereocenters. The molecule has 0 saturated carbocycles. The van der Waals surface area contributed by atoms with Gasteiger partial charge in [-0.2, -0.15) is 0 Å². The molecule has 1 N–H and O–H groups in total. The lowest BCUT2D eigenvalue weighted by Crippen LogP contribution is -2.38. The molecule has 1 fully saturated rings. The van der Waals surface area contributed by atoms with Crippen LogP contribution in [-0.2, 0) is 27.2 Å². The maximum atomic E-state index is 12.5. The summed E-state index contributed by atoms with van der Waals surface area (Å²) in [5, 5.41) is 5.15. The first-order valence-corrected chi connectivity index (χ1v) is 11.4. The lowest BCUT2D eigenvalue weighted by atomic mass is 9.85. The predicted octanol–water partition coefficient (Wildman–Crippen LogP) is 3.58. The molecule has 0 spiro atoms. The Hall–Kier alpha value is -2.80. The molecule has 6 nitrogen and oxygen atoms in total. The molecule has 1 aromatic carbocycles. The highest BCUT2D eigenvalue weighted by molar-refractivity contribution is 7.14. The third kappa shape index (κ3) is 3.47. The number of allylic oxidation sites excluding steroid dienone is 2. The number of benzene rings is 1. The first-order chi connectivity index (χ1) is 14.6. The Bertz CT molecular complexity index is 1030. The molecule has 7 heteroatoms. The molecule has 3 amide bonds. The molecular weight excluding hydrogens is 398 g/mol. The van der Waals surface area contributed by atoms with Crippen molar-refractivity contribution in [2.45, 2.75) is 38.5 Å². The van der Waals surface area contributed by atoms with Gasteiger partial charge in [-0.25, -0.2) is 4.98 Å². The Morgan fingerprint density at radius 1 is 1.07 bits per heavy atom. The van der Waals surface area contributed by atoms with Gasteiger partial charge in [-0.1, -0.05) is 24.3 Å². The minimum Gasteiger partial charge on any atom is -0.300 e. The summed E-state index contributed by atoms with van der Waals surface area (Å²) in [6.07, 6.45) is 9.74. The number of likely N-dealkylation sites (tertiary alicyclic amines) is 1. The number of anilines is 1. The van der Waals surface area contributed by atoms with E-state index in [-0.39, 0.29) is 30.2 Å². The summed E-state index contributed by atoms with van der Waals surface area (Å²) in [5.41, 5.74) is 4.69. The van der Waals surface area contributed by atoms with Gasteiger partial charge in [0.1, 0.15) is 6.54 Å². The second kappa shape index (κ2) is 7.80. The van der Waals surface area contributed by atoms with E-state index in [0.717, 1.165) is 29.0 Å². The highest BCUT2D eigenvalue weighted by Gasteiger charge is 2.47. The number of aryl methyl sites for hydroxylation is 2. The number of imide groups is 1. The SMILES string of the molecule is O=C(CN1C(=O)[C@@H]2CC=CC[C@H]2C1=O)Nc1nc(-c2ccc3c(c2)CCCC3)cs1. The average Bonchev–Trinajstić information content (AvgIpc) is 3.32. The minimum atomic E-state index is -0.394. The molecule has 2 heterocycles. The fourth-order valence-electron chi connectivity index (χ4n) is 4.68. The van der Waals surface area contributed by atoms with Crippen molar-refractivity contribution in [3.8, 4) is 11.3 Å². The normalized spacial score (nSPS) is 22.7. The summed E-state index contributed by atoms with van der Waals surface area (Å²) < 4.78 is 0. The molecule has 1 saturated heterocycles. The van der Waals surface area contributed by atoms with Crippen LogP contribution >= 0.6 is 11.3 Å². The van der Waals surface area contributed by atoms with Crippen molar-refractivity contribution in [1.82, 2.24) is 9.88 Å². The van der Waals surface area contributed by atoms with Crippen molar-refractivity contribution in [2.24, 2.45) is 11.8 Å². The smallest absolute Gasteiger partial charge is 0.246 e. The monoisotopic (exact) mass is 421 g/mol. The maximum absolute atomic E-state index is 12.5. The van der Waals surface area contributed by atoms with Gasteiger partial charge < -0.3 is 5.32 Å². The van der Waals surface area contributed by atoms with Gasteiger partial charge in [0.2, 0.25) is 17.7 Å². The molecule has 30 heavy (non-hydrogen) atoms. The number of carbonyl (C=O) groups excluding carboxylic acids is 3. The van der Waals surface area contributed by atoms with Crippen LogP contribution in [0.1, 0.15) is 36.8 Å². The van der Waals surface area contributed by atoms with Crippen LogP contribution in [0, 0.1) is 11.8 Å². The van der Waals surface area contributed by atoms with Crippen LogP contribution in [0.25, 0.3) is 11.3 Å². The van der Waals surface area contributed by atoms with Gasteiger partial charge in [0.05, 0.1) is 17.5 Å². The number of nitrogens with one attached hydrogen (secondary N) is 1. The third-order valence-electron chi connectivity index (χ3n) is 6.30. The van der Waals surface area contributed by atoms with Crippen molar-refractivity contribution >= 4 is 34.2 Å². The first-order valence-electron chi connectivity index (χ1n) is 10.5. The topological polar surface area (TPSA) is 79.4 Å². The Labute approximate surface area is 179 Å². The van der Waals surface area contributed by atoms with Gasteiger partial charge in [0.15, 0.2) is 5.13 Å². The predicted molar refractivity (Wildman–Crippen MR) is 115 cm³/mol. The summed E-state index contributed by atoms with van der Waals surface area (Å²) >= 11 is 1.35. The summed E-state index contributed by atoms with van der Waals surface area (Å²) in [7, 11) is 0. The summed E-state index contributed by atoms with van der Waals surface area (Å²) in [4.78, 5) is 43.2. The number of aromatic nitrogens is 1. The van der Waals surface area contributed by atoms with Gasteiger partial charge in [-0.15, -0.1) is 11.3 Å². The van der Waals surface area contributed by atoms with Crippen LogP contribution in [0.2, 0.25) is 0 Å². The largest absolute Gasteiger partial charge is 0.300 e. The Kier molecular flexibility index (Phi) is 4.98. The molecule has 0 radical (unpaired) electrons. The van der Waals surface area contributed by atoms with Crippen LogP contribution in [0.4, 0.5) is 5.13 Å². The van der Waals surface area contributed by atoms with E-state index in [1.165, 1.54) is 35.3 Å². The molecule has 2 atom stereocenters. The molecule has 2 aliphatic carbocycles. The zero-order chi connectivity index (χ0) is 20.7. The van der Waals surface area contributed by atoms with Gasteiger partial charge in [0.25, 0.3) is 0 Å². The lowest BCUT2D eigenvalue weighted by Gasteiger charge is -2.16. The van der Waals surface area contributed by atoms with E-state index in [1.807, 2.05) is 17.5 Å². The fraction of sp³-hybridized carbons (Fsp3) is 0.391. The van der Waals surface area contributed by atoms with Crippen LogP contribution in [0.3, 0.4) is 0 Å². The van der Waals surface area contributed by atoms with E-state index in [9.17, 15) is 14.4 Å². The van der Waals surface area contributed by atoms with Crippen molar-refractivity contribution in [3.05, 3.63) is 46.9 Å². The zero-order valence-electron chi connectivity index (χ0n) is 16.6. The van der Waals surface area contributed by atoms with Gasteiger partial charge in [-0.3, -0.25) is 19.3 Å². The molecular formula is C23H23N3O3S. The second-order valence-corrected chi connectivity index (χ2v) is 9.05. The highest BCUT2D eigenvalue weighted by atomic mass is 32.1. The number of thiazole rings is 1. The summed E-state index contributed by atoms with van der Waals surface area (Å²) in [6.45, 7) is -0.252. The molecule has 0 bridgehead atoms. The van der Waals surface area contributed by atoms with Crippen molar-refractivity contribution in [3.63, 3.8) is 0 Å². The third-order valence-corrected chi connectivity index (χ3v) is 7.05.